The summed E-state index contributed by atoms with van der Waals surface area (Å²) in [6, 6.07) is 13.1. The van der Waals surface area contributed by atoms with Gasteiger partial charge in [-0.3, -0.25) is 4.79 Å². The molecular formula is C23H22ClN5O2. The molecule has 1 N–H and O–H groups in total. The van der Waals surface area contributed by atoms with E-state index in [1.54, 1.807) is 29.8 Å². The number of nitrogens with one attached hydrogen (secondary N) is 1. The van der Waals surface area contributed by atoms with Crippen LogP contribution in [0.1, 0.15) is 22.5 Å². The number of benzene rings is 2. The average molecular weight is 436 g/mol. The molecule has 1 amide bonds. The van der Waals surface area contributed by atoms with Crippen LogP contribution in [0, 0.1) is 20.8 Å². The monoisotopic (exact) mass is 435 g/mol. The molecule has 0 saturated carbocycles. The smallest absolute Gasteiger partial charge is 0.253 e. The highest BCUT2D eigenvalue weighted by Gasteiger charge is 2.18. The first kappa shape index (κ1) is 20.8. The van der Waals surface area contributed by atoms with Gasteiger partial charge in [0.2, 0.25) is 5.91 Å². The summed E-state index contributed by atoms with van der Waals surface area (Å²) in [4.78, 5) is 21.9. The van der Waals surface area contributed by atoms with Crippen molar-refractivity contribution in [3.63, 3.8) is 0 Å². The van der Waals surface area contributed by atoms with Crippen molar-refractivity contribution in [3.05, 3.63) is 70.0 Å². The van der Waals surface area contributed by atoms with Crippen molar-refractivity contribution in [2.75, 3.05) is 12.4 Å². The fraction of sp³-hybridized carbons (Fsp3) is 0.217. The normalized spacial score (nSPS) is 11.0. The van der Waals surface area contributed by atoms with Crippen LogP contribution in [0.2, 0.25) is 5.02 Å². The zero-order chi connectivity index (χ0) is 22.1. The Labute approximate surface area is 185 Å². The number of aryl methyl sites for hydroxylation is 3. The predicted octanol–water partition coefficient (Wildman–Crippen LogP) is 4.56. The molecule has 0 fully saturated rings. The van der Waals surface area contributed by atoms with Crippen LogP contribution in [0.15, 0.2) is 42.5 Å². The maximum absolute atomic E-state index is 12.8. The van der Waals surface area contributed by atoms with Gasteiger partial charge in [-0.1, -0.05) is 35.4 Å². The molecule has 0 saturated heterocycles. The van der Waals surface area contributed by atoms with Gasteiger partial charge in [0.15, 0.2) is 5.82 Å². The van der Waals surface area contributed by atoms with Crippen molar-refractivity contribution in [1.82, 2.24) is 19.6 Å². The number of amides is 1. The number of carbonyl (C=O) groups is 1. The summed E-state index contributed by atoms with van der Waals surface area (Å²) in [5, 5.41) is 8.01. The van der Waals surface area contributed by atoms with Crippen LogP contribution in [0.4, 0.5) is 5.69 Å². The van der Waals surface area contributed by atoms with Gasteiger partial charge < -0.3 is 10.1 Å². The zero-order valence-corrected chi connectivity index (χ0v) is 18.5. The third-order valence-electron chi connectivity index (χ3n) is 5.10. The Kier molecular flexibility index (Phi) is 5.61. The Bertz CT molecular complexity index is 1300. The topological polar surface area (TPSA) is 81.4 Å². The number of rotatable bonds is 5. The Morgan fingerprint density at radius 2 is 1.94 bits per heavy atom. The van der Waals surface area contributed by atoms with Crippen LogP contribution in [0.25, 0.3) is 17.2 Å². The van der Waals surface area contributed by atoms with Crippen molar-refractivity contribution in [2.45, 2.75) is 27.2 Å². The van der Waals surface area contributed by atoms with E-state index >= 15 is 0 Å². The summed E-state index contributed by atoms with van der Waals surface area (Å²) in [6.45, 7) is 5.81. The number of methoxy groups -OCH3 is 1. The molecule has 8 heteroatoms. The molecule has 0 spiro atoms. The molecule has 0 radical (unpaired) electrons. The van der Waals surface area contributed by atoms with E-state index < -0.39 is 0 Å². The summed E-state index contributed by atoms with van der Waals surface area (Å²) in [5.74, 6) is 1.45. The van der Waals surface area contributed by atoms with Crippen LogP contribution in [0.5, 0.6) is 5.75 Å². The van der Waals surface area contributed by atoms with E-state index in [9.17, 15) is 4.79 Å². The highest BCUT2D eigenvalue weighted by Crippen LogP contribution is 2.28. The molecule has 4 aromatic rings. The Morgan fingerprint density at radius 3 is 2.68 bits per heavy atom. The van der Waals surface area contributed by atoms with Crippen LogP contribution in [-0.4, -0.2) is 32.6 Å². The first-order valence-corrected chi connectivity index (χ1v) is 10.2. The second kappa shape index (κ2) is 8.35. The lowest BCUT2D eigenvalue weighted by Crippen LogP contribution is -2.18. The molecule has 2 aromatic heterocycles. The summed E-state index contributed by atoms with van der Waals surface area (Å²) < 4.78 is 6.99. The first-order chi connectivity index (χ1) is 14.9. The number of aromatic nitrogens is 4. The molecule has 0 atom stereocenters. The lowest BCUT2D eigenvalue weighted by molar-refractivity contribution is -0.115. The molecule has 0 unspecified atom stereocenters. The number of nitrogens with zero attached hydrogens (tertiary/aromatic N) is 4. The SMILES string of the molecule is COc1ccc(Cl)cc1NC(=O)Cc1c(C)nc2nc(-c3cccc(C)c3)nn2c1C. The van der Waals surface area contributed by atoms with Gasteiger partial charge in [-0.2, -0.15) is 4.98 Å². The van der Waals surface area contributed by atoms with Gasteiger partial charge >= 0.3 is 0 Å². The fourth-order valence-electron chi connectivity index (χ4n) is 3.50. The number of hydrogen-bond donors (Lipinski definition) is 1. The minimum Gasteiger partial charge on any atom is -0.495 e. The van der Waals surface area contributed by atoms with Crippen molar-refractivity contribution >= 4 is 29.0 Å². The van der Waals surface area contributed by atoms with Crippen LogP contribution in [-0.2, 0) is 11.2 Å². The van der Waals surface area contributed by atoms with Crippen LogP contribution in [0.3, 0.4) is 0 Å². The van der Waals surface area contributed by atoms with Crippen molar-refractivity contribution in [1.29, 1.82) is 0 Å². The maximum atomic E-state index is 12.8. The largest absolute Gasteiger partial charge is 0.495 e. The molecule has 2 aromatic carbocycles. The number of halogens is 1. The molecular weight excluding hydrogens is 414 g/mol. The van der Waals surface area contributed by atoms with Gasteiger partial charge in [0, 0.05) is 27.5 Å². The highest BCUT2D eigenvalue weighted by molar-refractivity contribution is 6.31. The van der Waals surface area contributed by atoms with E-state index in [1.807, 2.05) is 45.0 Å². The van der Waals surface area contributed by atoms with Crippen molar-refractivity contribution in [2.24, 2.45) is 0 Å². The summed E-state index contributed by atoms with van der Waals surface area (Å²) in [5.41, 5.74) is 4.93. The summed E-state index contributed by atoms with van der Waals surface area (Å²) in [7, 11) is 1.54. The Balaban J connectivity index is 1.65. The predicted molar refractivity (Wildman–Crippen MR) is 121 cm³/mol. The highest BCUT2D eigenvalue weighted by atomic mass is 35.5. The molecule has 7 nitrogen and oxygen atoms in total. The van der Waals surface area contributed by atoms with Gasteiger partial charge in [0.1, 0.15) is 5.75 Å². The third-order valence-corrected chi connectivity index (χ3v) is 5.33. The van der Waals surface area contributed by atoms with Gasteiger partial charge in [-0.05, 0) is 45.0 Å². The fourth-order valence-corrected chi connectivity index (χ4v) is 3.68. The van der Waals surface area contributed by atoms with E-state index in [0.29, 0.717) is 28.1 Å². The van der Waals surface area contributed by atoms with E-state index in [0.717, 1.165) is 28.1 Å². The minimum atomic E-state index is -0.202. The van der Waals surface area contributed by atoms with Crippen LogP contribution >= 0.6 is 11.6 Å². The van der Waals surface area contributed by atoms with Crippen molar-refractivity contribution < 1.29 is 9.53 Å². The quantitative estimate of drug-likeness (QED) is 0.497. The van der Waals surface area contributed by atoms with E-state index in [2.05, 4.69) is 20.4 Å². The minimum absolute atomic E-state index is 0.135. The standard InChI is InChI=1S/C23H22ClN5O2/c1-13-6-5-7-16(10-13)22-27-23-25-14(2)18(15(3)29(23)28-22)12-21(30)26-19-11-17(24)8-9-20(19)31-4/h5-11H,12H2,1-4H3,(H,26,30). The zero-order valence-electron chi connectivity index (χ0n) is 17.7. The average Bonchev–Trinajstić information content (AvgIpc) is 3.15. The van der Waals surface area contributed by atoms with Gasteiger partial charge in [-0.15, -0.1) is 5.10 Å². The summed E-state index contributed by atoms with van der Waals surface area (Å²) >= 11 is 6.06. The summed E-state index contributed by atoms with van der Waals surface area (Å²) in [6.07, 6.45) is 0.135. The Hall–Kier alpha value is -3.45. The number of hydrogen-bond acceptors (Lipinski definition) is 5. The molecule has 0 aliphatic carbocycles. The molecule has 0 aliphatic rings. The second-order valence-corrected chi connectivity index (χ2v) is 7.78. The maximum Gasteiger partial charge on any atom is 0.253 e. The van der Waals surface area contributed by atoms with Gasteiger partial charge in [-0.25, -0.2) is 9.50 Å². The molecule has 0 bridgehead atoms. The van der Waals surface area contributed by atoms with E-state index in [-0.39, 0.29) is 12.3 Å². The number of ether oxygens (including phenoxy) is 1. The van der Waals surface area contributed by atoms with Gasteiger partial charge in [0.05, 0.1) is 19.2 Å². The van der Waals surface area contributed by atoms with E-state index in [1.165, 1.54) is 0 Å². The van der Waals surface area contributed by atoms with E-state index in [4.69, 9.17) is 16.3 Å². The molecule has 0 aliphatic heterocycles. The second-order valence-electron chi connectivity index (χ2n) is 7.35. The number of anilines is 1. The lowest BCUT2D eigenvalue weighted by Gasteiger charge is -2.13. The first-order valence-electron chi connectivity index (χ1n) is 9.79. The Morgan fingerprint density at radius 1 is 1.13 bits per heavy atom. The van der Waals surface area contributed by atoms with Gasteiger partial charge in [0.25, 0.3) is 5.78 Å². The molecule has 4 rings (SSSR count). The van der Waals surface area contributed by atoms with Crippen molar-refractivity contribution in [3.8, 4) is 17.1 Å². The van der Waals surface area contributed by atoms with Crippen LogP contribution < -0.4 is 10.1 Å². The molecule has 31 heavy (non-hydrogen) atoms. The number of fused-ring (bicyclic) bond motifs is 1. The lowest BCUT2D eigenvalue weighted by atomic mass is 10.1. The molecule has 158 valence electrons. The third kappa shape index (κ3) is 4.22. The number of carbonyl (C=O) groups excluding carboxylic acids is 1. The molecule has 2 heterocycles.